The number of aldehydes is 1. The van der Waals surface area contributed by atoms with Crippen LogP contribution in [0, 0.1) is 5.92 Å². The fourth-order valence-electron chi connectivity index (χ4n) is 3.26. The molecule has 11 heteroatoms. The van der Waals surface area contributed by atoms with Crippen molar-refractivity contribution in [1.82, 2.24) is 14.8 Å². The minimum absolute atomic E-state index is 0.0106. The van der Waals surface area contributed by atoms with Crippen LogP contribution in [0.25, 0.3) is 0 Å². The van der Waals surface area contributed by atoms with Crippen LogP contribution in [0.2, 0.25) is 0 Å². The van der Waals surface area contributed by atoms with Crippen molar-refractivity contribution in [2.24, 2.45) is 11.7 Å². The van der Waals surface area contributed by atoms with Gasteiger partial charge in [-0.3, -0.25) is 14.3 Å². The quantitative estimate of drug-likeness (QED) is 0.736. The van der Waals surface area contributed by atoms with E-state index in [4.69, 9.17) is 5.73 Å². The summed E-state index contributed by atoms with van der Waals surface area (Å²) in [6, 6.07) is 2.86. The van der Waals surface area contributed by atoms with Crippen molar-refractivity contribution in [3.63, 3.8) is 0 Å². The standard InChI is InChI=1S/C18H18F3N5O3/c19-18(20,21)14-3-1-2-12(23-14)17(29)24-13-8-26(25-15(13)16(22)28)11-6-4-10(9-27)5-7-11/h1-3,8-11H,4-7H2,(H2,22,28)(H,24,29). The summed E-state index contributed by atoms with van der Waals surface area (Å²) in [5.41, 5.74) is 3.43. The number of alkyl halides is 3. The molecule has 0 radical (unpaired) electrons. The van der Waals surface area contributed by atoms with Gasteiger partial charge in [0.2, 0.25) is 0 Å². The Hall–Kier alpha value is -3.24. The summed E-state index contributed by atoms with van der Waals surface area (Å²) in [5, 5.41) is 6.48. The van der Waals surface area contributed by atoms with Crippen LogP contribution in [-0.2, 0) is 11.0 Å². The molecule has 0 aromatic carbocycles. The van der Waals surface area contributed by atoms with Gasteiger partial charge in [-0.2, -0.15) is 18.3 Å². The van der Waals surface area contributed by atoms with E-state index in [1.165, 1.54) is 10.9 Å². The van der Waals surface area contributed by atoms with Gasteiger partial charge in [-0.05, 0) is 37.8 Å². The van der Waals surface area contributed by atoms with E-state index in [9.17, 15) is 27.6 Å². The molecule has 1 aliphatic rings. The minimum atomic E-state index is -4.69. The fraction of sp³-hybridized carbons (Fsp3) is 0.389. The monoisotopic (exact) mass is 409 g/mol. The number of nitrogens with zero attached hydrogens (tertiary/aromatic N) is 3. The van der Waals surface area contributed by atoms with E-state index in [-0.39, 0.29) is 23.3 Å². The second kappa shape index (κ2) is 8.02. The number of rotatable bonds is 5. The summed E-state index contributed by atoms with van der Waals surface area (Å²) in [6.07, 6.45) is 0.308. The van der Waals surface area contributed by atoms with Crippen molar-refractivity contribution < 1.29 is 27.6 Å². The molecule has 3 rings (SSSR count). The van der Waals surface area contributed by atoms with Gasteiger partial charge >= 0.3 is 6.18 Å². The Morgan fingerprint density at radius 3 is 2.48 bits per heavy atom. The molecule has 8 nitrogen and oxygen atoms in total. The van der Waals surface area contributed by atoms with Crippen LogP contribution < -0.4 is 11.1 Å². The number of anilines is 1. The van der Waals surface area contributed by atoms with Crippen LogP contribution in [-0.4, -0.2) is 32.9 Å². The molecular formula is C18H18F3N5O3. The number of hydrogen-bond donors (Lipinski definition) is 2. The molecule has 0 saturated heterocycles. The lowest BCUT2D eigenvalue weighted by Gasteiger charge is -2.25. The highest BCUT2D eigenvalue weighted by molar-refractivity contribution is 6.07. The number of nitrogens with two attached hydrogens (primary N) is 1. The third-order valence-corrected chi connectivity index (χ3v) is 4.79. The molecule has 2 amide bonds. The highest BCUT2D eigenvalue weighted by Gasteiger charge is 2.33. The van der Waals surface area contributed by atoms with Gasteiger partial charge in [0.05, 0.1) is 11.7 Å². The van der Waals surface area contributed by atoms with Gasteiger partial charge in [-0.15, -0.1) is 0 Å². The first-order chi connectivity index (χ1) is 13.7. The zero-order valence-corrected chi connectivity index (χ0v) is 15.1. The molecule has 3 N–H and O–H groups in total. The van der Waals surface area contributed by atoms with Gasteiger partial charge in [0.1, 0.15) is 17.7 Å². The Morgan fingerprint density at radius 1 is 1.21 bits per heavy atom. The number of aromatic nitrogens is 3. The van der Waals surface area contributed by atoms with Crippen LogP contribution in [0.5, 0.6) is 0 Å². The van der Waals surface area contributed by atoms with Gasteiger partial charge in [0, 0.05) is 12.1 Å². The van der Waals surface area contributed by atoms with Crippen molar-refractivity contribution in [2.45, 2.75) is 37.9 Å². The molecular weight excluding hydrogens is 391 g/mol. The average Bonchev–Trinajstić information content (AvgIpc) is 3.11. The number of hydrogen-bond acceptors (Lipinski definition) is 5. The van der Waals surface area contributed by atoms with Gasteiger partial charge in [0.25, 0.3) is 11.8 Å². The van der Waals surface area contributed by atoms with Crippen molar-refractivity contribution in [2.75, 3.05) is 5.32 Å². The van der Waals surface area contributed by atoms with Crippen molar-refractivity contribution in [1.29, 1.82) is 0 Å². The summed E-state index contributed by atoms with van der Waals surface area (Å²) in [7, 11) is 0. The number of pyridine rings is 1. The molecule has 0 atom stereocenters. The third kappa shape index (κ3) is 4.61. The van der Waals surface area contributed by atoms with E-state index in [0.717, 1.165) is 24.5 Å². The SMILES string of the molecule is NC(=O)c1nn(C2CCC(C=O)CC2)cc1NC(=O)c1cccc(C(F)(F)F)n1. The smallest absolute Gasteiger partial charge is 0.364 e. The Bertz CT molecular complexity index is 933. The number of carbonyl (C=O) groups is 3. The number of primary amides is 1. The highest BCUT2D eigenvalue weighted by atomic mass is 19.4. The second-order valence-electron chi connectivity index (χ2n) is 6.80. The Morgan fingerprint density at radius 2 is 1.90 bits per heavy atom. The minimum Gasteiger partial charge on any atom is -0.364 e. The molecule has 2 heterocycles. The number of halogens is 3. The maximum atomic E-state index is 12.8. The predicted octanol–water partition coefficient (Wildman–Crippen LogP) is 2.58. The largest absolute Gasteiger partial charge is 0.433 e. The molecule has 1 fully saturated rings. The van der Waals surface area contributed by atoms with Crippen molar-refractivity contribution in [3.05, 3.63) is 41.5 Å². The number of carbonyl (C=O) groups excluding carboxylic acids is 3. The van der Waals surface area contributed by atoms with E-state index in [1.807, 2.05) is 0 Å². The molecule has 2 aromatic rings. The van der Waals surface area contributed by atoms with E-state index in [2.05, 4.69) is 15.4 Å². The zero-order valence-electron chi connectivity index (χ0n) is 15.1. The highest BCUT2D eigenvalue weighted by Crippen LogP contribution is 2.32. The summed E-state index contributed by atoms with van der Waals surface area (Å²) < 4.78 is 39.9. The topological polar surface area (TPSA) is 120 Å². The van der Waals surface area contributed by atoms with E-state index in [1.54, 1.807) is 0 Å². The molecule has 29 heavy (non-hydrogen) atoms. The average molecular weight is 409 g/mol. The van der Waals surface area contributed by atoms with Crippen LogP contribution in [0.3, 0.4) is 0 Å². The first-order valence-corrected chi connectivity index (χ1v) is 8.89. The Balaban J connectivity index is 1.82. The maximum Gasteiger partial charge on any atom is 0.433 e. The lowest BCUT2D eigenvalue weighted by molar-refractivity contribution is -0.141. The van der Waals surface area contributed by atoms with Crippen molar-refractivity contribution in [3.8, 4) is 0 Å². The third-order valence-electron chi connectivity index (χ3n) is 4.79. The van der Waals surface area contributed by atoms with Crippen LogP contribution in [0.1, 0.15) is 58.4 Å². The van der Waals surface area contributed by atoms with E-state index < -0.39 is 29.4 Å². The van der Waals surface area contributed by atoms with E-state index in [0.29, 0.717) is 25.7 Å². The van der Waals surface area contributed by atoms with Crippen molar-refractivity contribution >= 4 is 23.8 Å². The van der Waals surface area contributed by atoms with Crippen LogP contribution in [0.15, 0.2) is 24.4 Å². The summed E-state index contributed by atoms with van der Waals surface area (Å²) >= 11 is 0. The predicted molar refractivity (Wildman–Crippen MR) is 95.0 cm³/mol. The van der Waals surface area contributed by atoms with Crippen LogP contribution >= 0.6 is 0 Å². The summed E-state index contributed by atoms with van der Waals surface area (Å²) in [6.45, 7) is 0. The Kier molecular flexibility index (Phi) is 5.66. The number of amides is 2. The van der Waals surface area contributed by atoms with Gasteiger partial charge in [-0.1, -0.05) is 6.07 Å². The van der Waals surface area contributed by atoms with Crippen LogP contribution in [0.4, 0.5) is 18.9 Å². The number of nitrogens with one attached hydrogen (secondary N) is 1. The molecule has 0 spiro atoms. The lowest BCUT2D eigenvalue weighted by Crippen LogP contribution is -2.20. The molecule has 2 aromatic heterocycles. The van der Waals surface area contributed by atoms with Gasteiger partial charge < -0.3 is 15.8 Å². The molecule has 1 aliphatic carbocycles. The lowest BCUT2D eigenvalue weighted by atomic mass is 9.87. The normalized spacial score (nSPS) is 19.6. The molecule has 1 saturated carbocycles. The second-order valence-corrected chi connectivity index (χ2v) is 6.80. The summed E-state index contributed by atoms with van der Waals surface area (Å²) in [4.78, 5) is 38.3. The molecule has 0 bridgehead atoms. The van der Waals surface area contributed by atoms with Gasteiger partial charge in [0.15, 0.2) is 5.69 Å². The summed E-state index contributed by atoms with van der Waals surface area (Å²) in [5.74, 6) is -1.83. The molecule has 0 aliphatic heterocycles. The Labute approximate surface area is 163 Å². The van der Waals surface area contributed by atoms with Gasteiger partial charge in [-0.25, -0.2) is 4.98 Å². The first kappa shape index (κ1) is 20.5. The van der Waals surface area contributed by atoms with E-state index >= 15 is 0 Å². The fourth-order valence-corrected chi connectivity index (χ4v) is 3.26. The molecule has 154 valence electrons. The first-order valence-electron chi connectivity index (χ1n) is 8.89. The molecule has 0 unspecified atom stereocenters. The zero-order chi connectivity index (χ0) is 21.2. The maximum absolute atomic E-state index is 12.8.